The van der Waals surface area contributed by atoms with E-state index in [9.17, 15) is 4.79 Å². The van der Waals surface area contributed by atoms with Gasteiger partial charge in [-0.05, 0) is 43.4 Å². The van der Waals surface area contributed by atoms with Crippen molar-refractivity contribution in [3.8, 4) is 0 Å². The second kappa shape index (κ2) is 4.96. The maximum Gasteiger partial charge on any atom is 0.170 e. The highest BCUT2D eigenvalue weighted by Gasteiger charge is 2.26. The average Bonchev–Trinajstić information content (AvgIpc) is 2.60. The summed E-state index contributed by atoms with van der Waals surface area (Å²) in [7, 11) is 0. The molecule has 1 unspecified atom stereocenters. The van der Waals surface area contributed by atoms with E-state index in [0.717, 1.165) is 36.1 Å². The molecule has 0 N–H and O–H groups in total. The molecule has 1 heterocycles. The molecule has 96 valence electrons. The highest BCUT2D eigenvalue weighted by molar-refractivity contribution is 6.02. The van der Waals surface area contributed by atoms with Crippen molar-refractivity contribution in [3.63, 3.8) is 0 Å². The van der Waals surface area contributed by atoms with Gasteiger partial charge in [-0.2, -0.15) is 0 Å². The van der Waals surface area contributed by atoms with E-state index in [1.807, 2.05) is 43.5 Å². The van der Waals surface area contributed by atoms with Crippen LogP contribution in [-0.2, 0) is 6.42 Å². The molecule has 0 aliphatic heterocycles. The van der Waals surface area contributed by atoms with Gasteiger partial charge in [-0.3, -0.25) is 9.78 Å². The third-order valence-electron chi connectivity index (χ3n) is 3.87. The number of aryl methyl sites for hydroxylation is 2. The van der Waals surface area contributed by atoms with E-state index in [0.29, 0.717) is 0 Å². The maximum atomic E-state index is 12.7. The SMILES string of the molecule is Cc1ccc(C2CCCc3ccccc3C2=O)cn1. The van der Waals surface area contributed by atoms with E-state index >= 15 is 0 Å². The van der Waals surface area contributed by atoms with Crippen LogP contribution in [0.1, 0.15) is 45.9 Å². The molecule has 2 nitrogen and oxygen atoms in total. The molecular weight excluding hydrogens is 234 g/mol. The fraction of sp³-hybridized carbons (Fsp3) is 0.294. The van der Waals surface area contributed by atoms with Gasteiger partial charge in [0.25, 0.3) is 0 Å². The third-order valence-corrected chi connectivity index (χ3v) is 3.87. The van der Waals surface area contributed by atoms with Gasteiger partial charge in [0.2, 0.25) is 0 Å². The molecule has 19 heavy (non-hydrogen) atoms. The van der Waals surface area contributed by atoms with E-state index in [2.05, 4.69) is 11.1 Å². The number of aromatic nitrogens is 1. The van der Waals surface area contributed by atoms with Crippen molar-refractivity contribution in [3.05, 3.63) is 65.0 Å². The van der Waals surface area contributed by atoms with Gasteiger partial charge in [-0.1, -0.05) is 30.3 Å². The molecule has 2 heteroatoms. The van der Waals surface area contributed by atoms with Crippen molar-refractivity contribution in [2.24, 2.45) is 0 Å². The normalized spacial score (nSPS) is 18.8. The minimum absolute atomic E-state index is 0.0308. The summed E-state index contributed by atoms with van der Waals surface area (Å²) in [6, 6.07) is 12.0. The van der Waals surface area contributed by atoms with Crippen molar-refractivity contribution in [2.75, 3.05) is 0 Å². The molecule has 1 aliphatic carbocycles. The highest BCUT2D eigenvalue weighted by atomic mass is 16.1. The quantitative estimate of drug-likeness (QED) is 0.723. The number of hydrogen-bond donors (Lipinski definition) is 0. The third kappa shape index (κ3) is 2.30. The Balaban J connectivity index is 2.00. The minimum Gasteiger partial charge on any atom is -0.293 e. The zero-order chi connectivity index (χ0) is 13.2. The van der Waals surface area contributed by atoms with Crippen LogP contribution in [0.25, 0.3) is 0 Å². The Kier molecular flexibility index (Phi) is 3.16. The second-order valence-corrected chi connectivity index (χ2v) is 5.20. The summed E-state index contributed by atoms with van der Waals surface area (Å²) in [6.45, 7) is 1.97. The number of benzene rings is 1. The van der Waals surface area contributed by atoms with Crippen LogP contribution < -0.4 is 0 Å². The van der Waals surface area contributed by atoms with E-state index in [4.69, 9.17) is 0 Å². The Labute approximate surface area is 113 Å². The standard InChI is InChI=1S/C17H17NO/c1-12-9-10-14(11-18-12)16-8-4-6-13-5-2-3-7-15(13)17(16)19/h2-3,5,7,9-11,16H,4,6,8H2,1H3. The van der Waals surface area contributed by atoms with Crippen molar-refractivity contribution in [1.82, 2.24) is 4.98 Å². The summed E-state index contributed by atoms with van der Waals surface area (Å²) in [4.78, 5) is 17.0. The Morgan fingerprint density at radius 1 is 1.16 bits per heavy atom. The predicted molar refractivity (Wildman–Crippen MR) is 75.4 cm³/mol. The first-order valence-electron chi connectivity index (χ1n) is 6.80. The zero-order valence-corrected chi connectivity index (χ0v) is 11.1. The molecular formula is C17H17NO. The fourth-order valence-corrected chi connectivity index (χ4v) is 2.80. The lowest BCUT2D eigenvalue weighted by Crippen LogP contribution is -2.12. The summed E-state index contributed by atoms with van der Waals surface area (Å²) in [6.07, 6.45) is 4.82. The molecule has 0 saturated carbocycles. The number of carbonyl (C=O) groups is 1. The molecule has 1 aliphatic rings. The second-order valence-electron chi connectivity index (χ2n) is 5.20. The first-order valence-corrected chi connectivity index (χ1v) is 6.80. The first-order chi connectivity index (χ1) is 9.25. The molecule has 1 aromatic heterocycles. The largest absolute Gasteiger partial charge is 0.293 e. The maximum absolute atomic E-state index is 12.7. The van der Waals surface area contributed by atoms with E-state index in [1.54, 1.807) is 0 Å². The summed E-state index contributed by atoms with van der Waals surface area (Å²) in [5.41, 5.74) is 4.12. The molecule has 1 aromatic carbocycles. The number of carbonyl (C=O) groups excluding carboxylic acids is 1. The molecule has 0 bridgehead atoms. The number of hydrogen-bond acceptors (Lipinski definition) is 2. The van der Waals surface area contributed by atoms with Crippen LogP contribution in [0.5, 0.6) is 0 Å². The van der Waals surface area contributed by atoms with Crippen LogP contribution in [0.3, 0.4) is 0 Å². The topological polar surface area (TPSA) is 30.0 Å². The van der Waals surface area contributed by atoms with E-state index < -0.39 is 0 Å². The Morgan fingerprint density at radius 3 is 2.79 bits per heavy atom. The van der Waals surface area contributed by atoms with Gasteiger partial charge in [-0.15, -0.1) is 0 Å². The van der Waals surface area contributed by atoms with Gasteiger partial charge < -0.3 is 0 Å². The van der Waals surface area contributed by atoms with E-state index in [-0.39, 0.29) is 11.7 Å². The van der Waals surface area contributed by atoms with Crippen LogP contribution in [0.15, 0.2) is 42.6 Å². The number of fused-ring (bicyclic) bond motifs is 1. The number of Topliss-reactive ketones (excluding diaryl/α,β-unsaturated/α-hetero) is 1. The summed E-state index contributed by atoms with van der Waals surface area (Å²) < 4.78 is 0. The molecule has 0 fully saturated rings. The van der Waals surface area contributed by atoms with Gasteiger partial charge in [0.05, 0.1) is 0 Å². The predicted octanol–water partition coefficient (Wildman–Crippen LogP) is 3.69. The number of ketones is 1. The average molecular weight is 251 g/mol. The molecule has 0 saturated heterocycles. The Hall–Kier alpha value is -1.96. The summed E-state index contributed by atoms with van der Waals surface area (Å²) in [5, 5.41) is 0. The first kappa shape index (κ1) is 12.1. The summed E-state index contributed by atoms with van der Waals surface area (Å²) >= 11 is 0. The van der Waals surface area contributed by atoms with Crippen LogP contribution in [0, 0.1) is 6.92 Å². The van der Waals surface area contributed by atoms with Crippen molar-refractivity contribution < 1.29 is 4.79 Å². The number of nitrogens with zero attached hydrogens (tertiary/aromatic N) is 1. The lowest BCUT2D eigenvalue weighted by atomic mass is 9.89. The van der Waals surface area contributed by atoms with Gasteiger partial charge in [0.15, 0.2) is 5.78 Å². The molecule has 0 amide bonds. The zero-order valence-electron chi connectivity index (χ0n) is 11.1. The molecule has 2 aromatic rings. The van der Waals surface area contributed by atoms with Crippen LogP contribution >= 0.6 is 0 Å². The molecule has 1 atom stereocenters. The van der Waals surface area contributed by atoms with Crippen molar-refractivity contribution in [1.29, 1.82) is 0 Å². The van der Waals surface area contributed by atoms with Crippen molar-refractivity contribution in [2.45, 2.75) is 32.1 Å². The van der Waals surface area contributed by atoms with Gasteiger partial charge >= 0.3 is 0 Å². The minimum atomic E-state index is -0.0308. The van der Waals surface area contributed by atoms with Gasteiger partial charge in [0, 0.05) is 23.4 Å². The Morgan fingerprint density at radius 2 is 2.00 bits per heavy atom. The van der Waals surface area contributed by atoms with Gasteiger partial charge in [0.1, 0.15) is 0 Å². The smallest absolute Gasteiger partial charge is 0.170 e. The van der Waals surface area contributed by atoms with Crippen LogP contribution in [0.4, 0.5) is 0 Å². The molecule has 3 rings (SSSR count). The van der Waals surface area contributed by atoms with Crippen LogP contribution in [0.2, 0.25) is 0 Å². The van der Waals surface area contributed by atoms with Gasteiger partial charge in [-0.25, -0.2) is 0 Å². The van der Waals surface area contributed by atoms with E-state index in [1.165, 1.54) is 5.56 Å². The highest BCUT2D eigenvalue weighted by Crippen LogP contribution is 2.31. The number of pyridine rings is 1. The molecule has 0 radical (unpaired) electrons. The monoisotopic (exact) mass is 251 g/mol. The summed E-state index contributed by atoms with van der Waals surface area (Å²) in [5.74, 6) is 0.218. The van der Waals surface area contributed by atoms with Crippen LogP contribution in [-0.4, -0.2) is 10.8 Å². The Bertz CT molecular complexity index is 601. The lowest BCUT2D eigenvalue weighted by Gasteiger charge is -2.13. The number of rotatable bonds is 1. The fourth-order valence-electron chi connectivity index (χ4n) is 2.80. The molecule has 0 spiro atoms. The van der Waals surface area contributed by atoms with Crippen molar-refractivity contribution >= 4 is 5.78 Å². The lowest BCUT2D eigenvalue weighted by molar-refractivity contribution is 0.0957.